The maximum atomic E-state index is 10.3. The Kier molecular flexibility index (Phi) is 5.23. The van der Waals surface area contributed by atoms with E-state index in [0.29, 0.717) is 0 Å². The molecule has 0 spiro atoms. The van der Waals surface area contributed by atoms with E-state index in [0.717, 1.165) is 11.0 Å². The van der Waals surface area contributed by atoms with Crippen molar-refractivity contribution < 1.29 is 13.0 Å². The van der Waals surface area contributed by atoms with Crippen molar-refractivity contribution in [1.82, 2.24) is 0 Å². The van der Waals surface area contributed by atoms with Crippen LogP contribution in [0.2, 0.25) is 0 Å². The Morgan fingerprint density at radius 1 is 1.15 bits per heavy atom. The van der Waals surface area contributed by atoms with E-state index in [-0.39, 0.29) is 23.1 Å². The van der Waals surface area contributed by atoms with Gasteiger partial charge >= 0.3 is 0 Å². The van der Waals surface area contributed by atoms with Crippen LogP contribution in [-0.2, 0) is 10.1 Å². The molecule has 1 aromatic rings. The molecule has 0 atom stereocenters. The Labute approximate surface area is 93.4 Å². The highest BCUT2D eigenvalue weighted by Gasteiger charge is 1.94. The first-order chi connectivity index (χ1) is 5.58. The van der Waals surface area contributed by atoms with E-state index in [1.807, 2.05) is 6.07 Å². The summed E-state index contributed by atoms with van der Waals surface area (Å²) in [6.07, 6.45) is 1.33. The Morgan fingerprint density at radius 3 is 2.15 bits per heavy atom. The van der Waals surface area contributed by atoms with Crippen molar-refractivity contribution in [3.63, 3.8) is 0 Å². The lowest BCUT2D eigenvalue weighted by Crippen LogP contribution is -1.88. The van der Waals surface area contributed by atoms with E-state index in [9.17, 15) is 8.42 Å². The average Bonchev–Trinajstić information content (AvgIpc) is 2.02. The van der Waals surface area contributed by atoms with Crippen LogP contribution in [-0.4, -0.2) is 36.0 Å². The summed E-state index contributed by atoms with van der Waals surface area (Å²) in [5.41, 5.74) is 0.732. The van der Waals surface area contributed by atoms with Crippen LogP contribution < -0.4 is 0 Å². The second-order valence-electron chi connectivity index (χ2n) is 2.23. The third-order valence-corrected chi connectivity index (χ3v) is 1.71. The van der Waals surface area contributed by atoms with E-state index < -0.39 is 10.1 Å². The molecule has 0 aliphatic heterocycles. The predicted molar refractivity (Wildman–Crippen MR) is 52.8 cm³/mol. The van der Waals surface area contributed by atoms with Crippen LogP contribution in [0.3, 0.4) is 0 Å². The van der Waals surface area contributed by atoms with Gasteiger partial charge in [-0.2, -0.15) is 8.42 Å². The molecular formula is C8H8MgO3S. The molecule has 66 valence electrons. The zero-order valence-corrected chi connectivity index (χ0v) is 9.15. The fourth-order valence-electron chi connectivity index (χ4n) is 0.729. The van der Waals surface area contributed by atoms with Gasteiger partial charge in [0, 0.05) is 23.1 Å². The smallest absolute Gasteiger partial charge is 0.282 e. The van der Waals surface area contributed by atoms with Crippen molar-refractivity contribution in [2.75, 3.05) is 0 Å². The molecule has 0 aliphatic carbocycles. The third-order valence-electron chi connectivity index (χ3n) is 1.23. The molecule has 0 bridgehead atoms. The first-order valence-electron chi connectivity index (χ1n) is 3.28. The first-order valence-corrected chi connectivity index (χ1v) is 4.79. The number of benzene rings is 1. The summed E-state index contributed by atoms with van der Waals surface area (Å²) in [7, 11) is -4.00. The highest BCUT2D eigenvalue weighted by atomic mass is 32.2. The second-order valence-corrected chi connectivity index (χ2v) is 3.53. The Hall–Kier alpha value is -0.364. The second kappa shape index (κ2) is 5.38. The van der Waals surface area contributed by atoms with Crippen LogP contribution in [0.1, 0.15) is 5.56 Å². The minimum atomic E-state index is -4.00. The van der Waals surface area contributed by atoms with Crippen LogP contribution in [0.25, 0.3) is 6.08 Å². The lowest BCUT2D eigenvalue weighted by molar-refractivity contribution is 0.494. The van der Waals surface area contributed by atoms with Gasteiger partial charge in [0.1, 0.15) is 0 Å². The fourth-order valence-corrected chi connectivity index (χ4v) is 1.06. The molecule has 1 N–H and O–H groups in total. The molecule has 1 rings (SSSR count). The standard InChI is InChI=1S/C8H8O3S.Mg/c9-12(10,11)7-6-8-4-2-1-3-5-8;/h1-7H,(H,9,10,11);. The molecule has 0 heterocycles. The molecule has 13 heavy (non-hydrogen) atoms. The van der Waals surface area contributed by atoms with Crippen molar-refractivity contribution in [3.8, 4) is 0 Å². The summed E-state index contributed by atoms with van der Waals surface area (Å²) in [6.45, 7) is 0. The van der Waals surface area contributed by atoms with E-state index in [4.69, 9.17) is 4.55 Å². The molecule has 5 heteroatoms. The van der Waals surface area contributed by atoms with Crippen molar-refractivity contribution in [3.05, 3.63) is 41.3 Å². The molecule has 0 saturated carbocycles. The Bertz CT molecular complexity index is 370. The maximum absolute atomic E-state index is 10.3. The highest BCUT2D eigenvalue weighted by molar-refractivity contribution is 7.88. The SMILES string of the molecule is O=S(=O)(O)C=Cc1ccccc1.[Mg]. The third kappa shape index (κ3) is 5.81. The van der Waals surface area contributed by atoms with E-state index in [2.05, 4.69) is 0 Å². The summed E-state index contributed by atoms with van der Waals surface area (Å²) in [5, 5.41) is 0.752. The monoisotopic (exact) mass is 208 g/mol. The number of hydrogen-bond donors (Lipinski definition) is 1. The van der Waals surface area contributed by atoms with Gasteiger partial charge in [0.15, 0.2) is 0 Å². The summed E-state index contributed by atoms with van der Waals surface area (Å²) in [6, 6.07) is 8.86. The summed E-state index contributed by atoms with van der Waals surface area (Å²) in [5.74, 6) is 0. The lowest BCUT2D eigenvalue weighted by Gasteiger charge is -1.89. The minimum Gasteiger partial charge on any atom is -0.282 e. The van der Waals surface area contributed by atoms with Crippen molar-refractivity contribution >= 4 is 39.2 Å². The van der Waals surface area contributed by atoms with Gasteiger partial charge in [0.2, 0.25) is 0 Å². The topological polar surface area (TPSA) is 54.4 Å². The maximum Gasteiger partial charge on any atom is 0.287 e. The quantitative estimate of drug-likeness (QED) is 0.586. The summed E-state index contributed by atoms with van der Waals surface area (Å²) in [4.78, 5) is 0. The van der Waals surface area contributed by atoms with Crippen molar-refractivity contribution in [1.29, 1.82) is 0 Å². The Balaban J connectivity index is 0.00000144. The highest BCUT2D eigenvalue weighted by Crippen LogP contribution is 2.01. The molecule has 3 nitrogen and oxygen atoms in total. The predicted octanol–water partition coefficient (Wildman–Crippen LogP) is 1.16. The first kappa shape index (κ1) is 12.6. The van der Waals surface area contributed by atoms with Crippen LogP contribution in [0.15, 0.2) is 35.7 Å². The molecule has 0 amide bonds. The molecule has 0 aliphatic rings. The van der Waals surface area contributed by atoms with Gasteiger partial charge in [0.05, 0.1) is 5.41 Å². The molecule has 0 fully saturated rings. The van der Waals surface area contributed by atoms with Gasteiger partial charge in [-0.05, 0) is 11.6 Å². The fraction of sp³-hybridized carbons (Fsp3) is 0. The van der Waals surface area contributed by atoms with Gasteiger partial charge in [-0.25, -0.2) is 0 Å². The van der Waals surface area contributed by atoms with Crippen LogP contribution in [0.5, 0.6) is 0 Å². The summed E-state index contributed by atoms with van der Waals surface area (Å²) >= 11 is 0. The van der Waals surface area contributed by atoms with Gasteiger partial charge < -0.3 is 0 Å². The van der Waals surface area contributed by atoms with Crippen molar-refractivity contribution in [2.45, 2.75) is 0 Å². The van der Waals surface area contributed by atoms with E-state index in [1.165, 1.54) is 6.08 Å². The molecule has 0 aromatic heterocycles. The molecular weight excluding hydrogens is 200 g/mol. The largest absolute Gasteiger partial charge is 0.287 e. The number of hydrogen-bond acceptors (Lipinski definition) is 2. The molecule has 0 saturated heterocycles. The van der Waals surface area contributed by atoms with Crippen molar-refractivity contribution in [2.24, 2.45) is 0 Å². The summed E-state index contributed by atoms with van der Waals surface area (Å²) < 4.78 is 28.9. The van der Waals surface area contributed by atoms with Crippen LogP contribution in [0, 0.1) is 0 Å². The van der Waals surface area contributed by atoms with Crippen LogP contribution >= 0.6 is 0 Å². The van der Waals surface area contributed by atoms with Gasteiger partial charge in [-0.1, -0.05) is 30.3 Å². The lowest BCUT2D eigenvalue weighted by atomic mass is 10.2. The normalized spacial score (nSPS) is 11.2. The Morgan fingerprint density at radius 2 is 1.69 bits per heavy atom. The van der Waals surface area contributed by atoms with Crippen LogP contribution in [0.4, 0.5) is 0 Å². The zero-order valence-electron chi connectivity index (χ0n) is 6.92. The van der Waals surface area contributed by atoms with Gasteiger partial charge in [-0.15, -0.1) is 0 Å². The van der Waals surface area contributed by atoms with Gasteiger partial charge in [0.25, 0.3) is 10.1 Å². The minimum absolute atomic E-state index is 0. The van der Waals surface area contributed by atoms with E-state index in [1.54, 1.807) is 24.3 Å². The van der Waals surface area contributed by atoms with Gasteiger partial charge in [-0.3, -0.25) is 4.55 Å². The van der Waals surface area contributed by atoms with E-state index >= 15 is 0 Å². The average molecular weight is 209 g/mol. The molecule has 1 aromatic carbocycles. The molecule has 2 radical (unpaired) electrons. The zero-order chi connectivity index (χ0) is 9.03. The molecule has 0 unspecified atom stereocenters. The number of rotatable bonds is 2.